The summed E-state index contributed by atoms with van der Waals surface area (Å²) in [4.78, 5) is 4.83. The second kappa shape index (κ2) is 7.36. The number of furan rings is 2. The molecule has 0 amide bonds. The van der Waals surface area contributed by atoms with E-state index in [-0.39, 0.29) is 0 Å². The van der Waals surface area contributed by atoms with E-state index in [0.29, 0.717) is 17.9 Å². The van der Waals surface area contributed by atoms with Crippen LogP contribution < -0.4 is 0 Å². The molecule has 0 spiro atoms. The number of piperidine rings is 1. The van der Waals surface area contributed by atoms with Crippen LogP contribution >= 0.6 is 0 Å². The maximum Gasteiger partial charge on any atom is 0.118 e. The minimum Gasteiger partial charge on any atom is -0.468 e. The molecule has 4 heterocycles. The van der Waals surface area contributed by atoms with Crippen molar-refractivity contribution >= 4 is 0 Å². The first-order valence-electron chi connectivity index (χ1n) is 9.27. The molecule has 4 rings (SSSR count). The zero-order valence-corrected chi connectivity index (χ0v) is 15.2. The predicted molar refractivity (Wildman–Crippen MR) is 95.1 cm³/mol. The summed E-state index contributed by atoms with van der Waals surface area (Å²) < 4.78 is 17.4. The largest absolute Gasteiger partial charge is 0.468 e. The van der Waals surface area contributed by atoms with Crippen molar-refractivity contribution in [3.8, 4) is 0 Å². The Balaban J connectivity index is 1.33. The van der Waals surface area contributed by atoms with Crippen LogP contribution in [0.25, 0.3) is 0 Å². The maximum absolute atomic E-state index is 6.17. The summed E-state index contributed by atoms with van der Waals surface area (Å²) in [6, 6.07) is 8.12. The summed E-state index contributed by atoms with van der Waals surface area (Å²) in [7, 11) is 2.14. The van der Waals surface area contributed by atoms with Gasteiger partial charge in [0, 0.05) is 19.0 Å². The molecule has 2 saturated heterocycles. The number of hydrogen-bond donors (Lipinski definition) is 0. The van der Waals surface area contributed by atoms with Gasteiger partial charge in [-0.05, 0) is 57.1 Å². The van der Waals surface area contributed by atoms with E-state index >= 15 is 0 Å². The molecular formula is C20H28N2O3. The van der Waals surface area contributed by atoms with Crippen molar-refractivity contribution < 1.29 is 13.6 Å². The molecule has 25 heavy (non-hydrogen) atoms. The third-order valence-corrected chi connectivity index (χ3v) is 5.57. The molecule has 0 aromatic carbocycles. The minimum absolute atomic E-state index is 0.311. The van der Waals surface area contributed by atoms with Gasteiger partial charge in [-0.15, -0.1) is 0 Å². The van der Waals surface area contributed by atoms with Crippen molar-refractivity contribution in [3.63, 3.8) is 0 Å². The molecule has 2 aromatic heterocycles. The molecule has 2 fully saturated rings. The van der Waals surface area contributed by atoms with E-state index in [9.17, 15) is 0 Å². The Kier molecular flexibility index (Phi) is 4.97. The van der Waals surface area contributed by atoms with E-state index in [2.05, 4.69) is 22.9 Å². The molecular weight excluding hydrogens is 316 g/mol. The first-order valence-corrected chi connectivity index (χ1v) is 9.27. The Labute approximate surface area is 149 Å². The number of likely N-dealkylation sites (N-methyl/N-ethyl adjacent to an activating group) is 1. The summed E-state index contributed by atoms with van der Waals surface area (Å²) in [5.41, 5.74) is 0. The van der Waals surface area contributed by atoms with Crippen molar-refractivity contribution in [2.24, 2.45) is 11.8 Å². The fraction of sp³-hybridized carbons (Fsp3) is 0.600. The molecule has 136 valence electrons. The highest BCUT2D eigenvalue weighted by atomic mass is 16.5. The van der Waals surface area contributed by atoms with E-state index in [0.717, 1.165) is 56.6 Å². The Hall–Kier alpha value is -1.56. The molecule has 0 bridgehead atoms. The van der Waals surface area contributed by atoms with Crippen LogP contribution in [0.5, 0.6) is 0 Å². The molecule has 0 aliphatic carbocycles. The van der Waals surface area contributed by atoms with Crippen LogP contribution in [-0.2, 0) is 17.8 Å². The molecule has 0 radical (unpaired) electrons. The standard InChI is InChI=1S/C20H28N2O3/c1-15-5-6-18(25-15)11-22-8-7-16-14-24-20(19(16)12-22)13-21(2)10-17-4-3-9-23-17/h3-6,9,16,19-20H,7-8,10-14H2,1-2H3/t16-,19-,20+/m0/s1. The highest BCUT2D eigenvalue weighted by Crippen LogP contribution is 2.35. The zero-order chi connectivity index (χ0) is 17.2. The molecule has 2 aliphatic heterocycles. The second-order valence-corrected chi connectivity index (χ2v) is 7.61. The van der Waals surface area contributed by atoms with E-state index in [1.54, 1.807) is 6.26 Å². The van der Waals surface area contributed by atoms with Crippen LogP contribution in [0.2, 0.25) is 0 Å². The summed E-state index contributed by atoms with van der Waals surface area (Å²) in [5, 5.41) is 0. The average Bonchev–Trinajstić information content (AvgIpc) is 3.31. The fourth-order valence-corrected chi connectivity index (χ4v) is 4.26. The van der Waals surface area contributed by atoms with Crippen LogP contribution in [0.1, 0.15) is 23.7 Å². The Bertz CT molecular complexity index is 666. The Morgan fingerprint density at radius 2 is 2.16 bits per heavy atom. The summed E-state index contributed by atoms with van der Waals surface area (Å²) >= 11 is 0. The van der Waals surface area contributed by atoms with Gasteiger partial charge >= 0.3 is 0 Å². The van der Waals surface area contributed by atoms with Gasteiger partial charge < -0.3 is 13.6 Å². The molecule has 2 aromatic rings. The van der Waals surface area contributed by atoms with Gasteiger partial charge in [-0.3, -0.25) is 9.80 Å². The number of fused-ring (bicyclic) bond motifs is 1. The molecule has 3 atom stereocenters. The van der Waals surface area contributed by atoms with E-state index < -0.39 is 0 Å². The average molecular weight is 344 g/mol. The monoisotopic (exact) mass is 344 g/mol. The van der Waals surface area contributed by atoms with E-state index in [1.807, 2.05) is 25.1 Å². The molecule has 2 aliphatic rings. The van der Waals surface area contributed by atoms with Crippen molar-refractivity contribution in [3.05, 3.63) is 47.8 Å². The van der Waals surface area contributed by atoms with Crippen molar-refractivity contribution in [1.82, 2.24) is 9.80 Å². The lowest BCUT2D eigenvalue weighted by Gasteiger charge is -2.36. The number of aryl methyl sites for hydroxylation is 1. The lowest BCUT2D eigenvalue weighted by atomic mass is 9.84. The van der Waals surface area contributed by atoms with Crippen LogP contribution in [0, 0.1) is 18.8 Å². The summed E-state index contributed by atoms with van der Waals surface area (Å²) in [6.45, 7) is 7.85. The third-order valence-electron chi connectivity index (χ3n) is 5.57. The number of nitrogens with zero attached hydrogens (tertiary/aromatic N) is 2. The Morgan fingerprint density at radius 1 is 1.24 bits per heavy atom. The highest BCUT2D eigenvalue weighted by Gasteiger charge is 2.41. The van der Waals surface area contributed by atoms with Gasteiger partial charge in [-0.25, -0.2) is 0 Å². The van der Waals surface area contributed by atoms with Gasteiger partial charge in [-0.2, -0.15) is 0 Å². The van der Waals surface area contributed by atoms with E-state index in [4.69, 9.17) is 13.6 Å². The fourth-order valence-electron chi connectivity index (χ4n) is 4.26. The van der Waals surface area contributed by atoms with Crippen LogP contribution in [0.3, 0.4) is 0 Å². The third kappa shape index (κ3) is 4.00. The van der Waals surface area contributed by atoms with Crippen LogP contribution in [0.15, 0.2) is 39.4 Å². The number of ether oxygens (including phenoxy) is 1. The zero-order valence-electron chi connectivity index (χ0n) is 15.2. The topological polar surface area (TPSA) is 42.0 Å². The molecule has 5 nitrogen and oxygen atoms in total. The maximum atomic E-state index is 6.17. The van der Waals surface area contributed by atoms with Crippen molar-refractivity contribution in [2.75, 3.05) is 33.3 Å². The molecule has 0 saturated carbocycles. The molecule has 5 heteroatoms. The van der Waals surface area contributed by atoms with Gasteiger partial charge in [0.1, 0.15) is 17.3 Å². The van der Waals surface area contributed by atoms with Gasteiger partial charge in [0.15, 0.2) is 0 Å². The summed E-state index contributed by atoms with van der Waals surface area (Å²) in [5.74, 6) is 4.39. The number of hydrogen-bond acceptors (Lipinski definition) is 5. The van der Waals surface area contributed by atoms with E-state index in [1.165, 1.54) is 6.42 Å². The van der Waals surface area contributed by atoms with Crippen molar-refractivity contribution in [1.29, 1.82) is 0 Å². The number of likely N-dealkylation sites (tertiary alicyclic amines) is 1. The van der Waals surface area contributed by atoms with Gasteiger partial charge in [0.25, 0.3) is 0 Å². The smallest absolute Gasteiger partial charge is 0.118 e. The first kappa shape index (κ1) is 16.9. The second-order valence-electron chi connectivity index (χ2n) is 7.61. The minimum atomic E-state index is 0.311. The first-order chi connectivity index (χ1) is 12.2. The Morgan fingerprint density at radius 3 is 2.92 bits per heavy atom. The predicted octanol–water partition coefficient (Wildman–Crippen LogP) is 3.15. The number of rotatable bonds is 6. The van der Waals surface area contributed by atoms with Crippen molar-refractivity contribution in [2.45, 2.75) is 32.5 Å². The SMILES string of the molecule is Cc1ccc(CN2CC[C@H]3CO[C@H](CN(C)Cc4ccco4)[C@H]3C2)o1. The lowest BCUT2D eigenvalue weighted by Crippen LogP contribution is -2.44. The lowest BCUT2D eigenvalue weighted by molar-refractivity contribution is 0.0449. The van der Waals surface area contributed by atoms with Gasteiger partial charge in [0.2, 0.25) is 0 Å². The van der Waals surface area contributed by atoms with Gasteiger partial charge in [-0.1, -0.05) is 0 Å². The van der Waals surface area contributed by atoms with Gasteiger partial charge in [0.05, 0.1) is 32.1 Å². The quantitative estimate of drug-likeness (QED) is 0.805. The normalized spacial score (nSPS) is 27.1. The summed E-state index contributed by atoms with van der Waals surface area (Å²) in [6.07, 6.45) is 3.27. The molecule has 0 unspecified atom stereocenters. The van der Waals surface area contributed by atoms with Crippen LogP contribution in [-0.4, -0.2) is 49.2 Å². The highest BCUT2D eigenvalue weighted by molar-refractivity contribution is 5.06. The molecule has 0 N–H and O–H groups in total. The van der Waals surface area contributed by atoms with Crippen LogP contribution in [0.4, 0.5) is 0 Å².